The van der Waals surface area contributed by atoms with Crippen LogP contribution in [-0.4, -0.2) is 11.9 Å². The lowest BCUT2D eigenvalue weighted by Gasteiger charge is -2.16. The Labute approximate surface area is 125 Å². The number of hydrogen-bond donors (Lipinski definition) is 1. The van der Waals surface area contributed by atoms with Gasteiger partial charge in [-0.1, -0.05) is 48.5 Å². The highest BCUT2D eigenvalue weighted by Gasteiger charge is 2.29. The van der Waals surface area contributed by atoms with Crippen molar-refractivity contribution >= 4 is 5.91 Å². The molecule has 2 aromatic carbocycles. The molecule has 2 heteroatoms. The van der Waals surface area contributed by atoms with Crippen LogP contribution in [0.2, 0.25) is 0 Å². The molecule has 1 aliphatic carbocycles. The number of hydrogen-bond acceptors (Lipinski definition) is 1. The largest absolute Gasteiger partial charge is 0.353 e. The van der Waals surface area contributed by atoms with Crippen molar-refractivity contribution in [3.63, 3.8) is 0 Å². The van der Waals surface area contributed by atoms with Gasteiger partial charge in [0.1, 0.15) is 0 Å². The lowest BCUT2D eigenvalue weighted by molar-refractivity contribution is -0.119. The molecule has 2 nitrogen and oxygen atoms in total. The van der Waals surface area contributed by atoms with Crippen molar-refractivity contribution in [1.29, 1.82) is 0 Å². The van der Waals surface area contributed by atoms with Gasteiger partial charge in [-0.2, -0.15) is 0 Å². The topological polar surface area (TPSA) is 29.1 Å². The molecule has 1 N–H and O–H groups in total. The van der Waals surface area contributed by atoms with E-state index in [1.165, 1.54) is 22.3 Å². The number of nitrogens with one attached hydrogen (secondary N) is 1. The third kappa shape index (κ3) is 2.15. The normalized spacial score (nSPS) is 20.2. The van der Waals surface area contributed by atoms with E-state index in [2.05, 4.69) is 53.8 Å². The highest BCUT2D eigenvalue weighted by Crippen LogP contribution is 2.46. The van der Waals surface area contributed by atoms with E-state index in [1.54, 1.807) is 0 Å². The summed E-state index contributed by atoms with van der Waals surface area (Å²) < 4.78 is 0. The molecule has 0 bridgehead atoms. The Morgan fingerprint density at radius 3 is 2.10 bits per heavy atom. The molecule has 2 aliphatic rings. The summed E-state index contributed by atoms with van der Waals surface area (Å²) in [7, 11) is 0. The third-order valence-corrected chi connectivity index (χ3v) is 4.85. The molecule has 1 amide bonds. The van der Waals surface area contributed by atoms with Crippen LogP contribution in [-0.2, 0) is 4.79 Å². The molecule has 1 saturated heterocycles. The maximum Gasteiger partial charge on any atom is 0.220 e. The summed E-state index contributed by atoms with van der Waals surface area (Å²) in [6, 6.07) is 17.9. The van der Waals surface area contributed by atoms with Crippen molar-refractivity contribution < 1.29 is 4.79 Å². The van der Waals surface area contributed by atoms with E-state index in [9.17, 15) is 4.79 Å². The van der Waals surface area contributed by atoms with Gasteiger partial charge in [-0.25, -0.2) is 0 Å². The Morgan fingerprint density at radius 1 is 0.905 bits per heavy atom. The maximum absolute atomic E-state index is 11.3. The second-order valence-corrected chi connectivity index (χ2v) is 6.11. The van der Waals surface area contributed by atoms with Gasteiger partial charge >= 0.3 is 0 Å². The Hall–Kier alpha value is -2.09. The van der Waals surface area contributed by atoms with E-state index in [0.29, 0.717) is 18.4 Å². The van der Waals surface area contributed by atoms with Gasteiger partial charge in [0.05, 0.1) is 0 Å². The van der Waals surface area contributed by atoms with Crippen LogP contribution in [0.25, 0.3) is 11.1 Å². The number of carbonyl (C=O) groups excluding carboxylic acids is 1. The fourth-order valence-corrected chi connectivity index (χ4v) is 3.83. The van der Waals surface area contributed by atoms with E-state index in [0.717, 1.165) is 19.3 Å². The molecule has 2 aromatic rings. The number of rotatable bonds is 3. The van der Waals surface area contributed by atoms with Crippen LogP contribution in [0.1, 0.15) is 42.7 Å². The molecule has 1 atom stereocenters. The average molecular weight is 277 g/mol. The van der Waals surface area contributed by atoms with Crippen molar-refractivity contribution in [3.05, 3.63) is 59.7 Å². The quantitative estimate of drug-likeness (QED) is 0.907. The molecule has 0 spiro atoms. The molecule has 106 valence electrons. The van der Waals surface area contributed by atoms with E-state index < -0.39 is 0 Å². The summed E-state index contributed by atoms with van der Waals surface area (Å²) in [5.41, 5.74) is 5.66. The predicted molar refractivity (Wildman–Crippen MR) is 84.1 cm³/mol. The third-order valence-electron chi connectivity index (χ3n) is 4.85. The zero-order valence-electron chi connectivity index (χ0n) is 12.0. The van der Waals surface area contributed by atoms with Gasteiger partial charge in [0.2, 0.25) is 5.91 Å². The predicted octanol–water partition coefficient (Wildman–Crippen LogP) is 3.86. The highest BCUT2D eigenvalue weighted by atomic mass is 16.1. The molecule has 0 radical (unpaired) electrons. The van der Waals surface area contributed by atoms with Crippen LogP contribution < -0.4 is 5.32 Å². The SMILES string of the molecule is O=C1CCC(CCC2c3ccccc3-c3ccccc32)N1. The Morgan fingerprint density at radius 2 is 1.52 bits per heavy atom. The molecule has 0 saturated carbocycles. The molecule has 1 aliphatic heterocycles. The van der Waals surface area contributed by atoms with Gasteiger partial charge in [-0.05, 0) is 41.5 Å². The Bertz CT molecular complexity index is 646. The van der Waals surface area contributed by atoms with Crippen molar-refractivity contribution in [3.8, 4) is 11.1 Å². The average Bonchev–Trinajstić information content (AvgIpc) is 3.07. The summed E-state index contributed by atoms with van der Waals surface area (Å²) in [5.74, 6) is 0.696. The minimum atomic E-state index is 0.215. The second kappa shape index (κ2) is 5.03. The Balaban J connectivity index is 1.61. The van der Waals surface area contributed by atoms with Crippen molar-refractivity contribution in [2.75, 3.05) is 0 Å². The van der Waals surface area contributed by atoms with Gasteiger partial charge < -0.3 is 5.32 Å². The van der Waals surface area contributed by atoms with Crippen LogP contribution in [0.15, 0.2) is 48.5 Å². The standard InChI is InChI=1S/C19H19NO/c21-19-12-10-13(20-19)9-11-18-16-7-3-1-5-14(16)15-6-2-4-8-17(15)18/h1-8,13,18H,9-12H2,(H,20,21). The molecule has 1 heterocycles. The minimum absolute atomic E-state index is 0.215. The summed E-state index contributed by atoms with van der Waals surface area (Å²) >= 11 is 0. The number of amides is 1. The summed E-state index contributed by atoms with van der Waals surface area (Å²) in [6.45, 7) is 0. The first-order valence-electron chi connectivity index (χ1n) is 7.80. The molecular weight excluding hydrogens is 258 g/mol. The zero-order valence-corrected chi connectivity index (χ0v) is 12.0. The fourth-order valence-electron chi connectivity index (χ4n) is 3.83. The lowest BCUT2D eigenvalue weighted by atomic mass is 9.90. The lowest BCUT2D eigenvalue weighted by Crippen LogP contribution is -2.25. The first-order chi connectivity index (χ1) is 10.3. The zero-order chi connectivity index (χ0) is 14.2. The van der Waals surface area contributed by atoms with Gasteiger partial charge in [0, 0.05) is 18.4 Å². The van der Waals surface area contributed by atoms with E-state index in [1.807, 2.05) is 0 Å². The van der Waals surface area contributed by atoms with Gasteiger partial charge in [0.15, 0.2) is 0 Å². The summed E-state index contributed by atoms with van der Waals surface area (Å²) in [6.07, 6.45) is 3.87. The summed E-state index contributed by atoms with van der Waals surface area (Å²) in [5, 5.41) is 3.09. The van der Waals surface area contributed by atoms with Crippen molar-refractivity contribution in [1.82, 2.24) is 5.32 Å². The molecule has 4 rings (SSSR count). The molecule has 1 unspecified atom stereocenters. The van der Waals surface area contributed by atoms with Gasteiger partial charge in [-0.3, -0.25) is 4.79 Å². The monoisotopic (exact) mass is 277 g/mol. The second-order valence-electron chi connectivity index (χ2n) is 6.11. The van der Waals surface area contributed by atoms with Crippen molar-refractivity contribution in [2.45, 2.75) is 37.6 Å². The maximum atomic E-state index is 11.3. The molecule has 21 heavy (non-hydrogen) atoms. The van der Waals surface area contributed by atoms with Gasteiger partial charge in [-0.15, -0.1) is 0 Å². The van der Waals surface area contributed by atoms with Crippen LogP contribution in [0.3, 0.4) is 0 Å². The minimum Gasteiger partial charge on any atom is -0.353 e. The number of benzene rings is 2. The smallest absolute Gasteiger partial charge is 0.220 e. The Kier molecular flexibility index (Phi) is 3.03. The van der Waals surface area contributed by atoms with E-state index in [4.69, 9.17) is 0 Å². The highest BCUT2D eigenvalue weighted by molar-refractivity contribution is 5.79. The van der Waals surface area contributed by atoms with Crippen LogP contribution in [0.5, 0.6) is 0 Å². The van der Waals surface area contributed by atoms with Crippen LogP contribution >= 0.6 is 0 Å². The molecule has 0 aromatic heterocycles. The van der Waals surface area contributed by atoms with Gasteiger partial charge in [0.25, 0.3) is 0 Å². The fraction of sp³-hybridized carbons (Fsp3) is 0.316. The first-order valence-corrected chi connectivity index (χ1v) is 7.80. The molecule has 1 fully saturated rings. The van der Waals surface area contributed by atoms with Crippen molar-refractivity contribution in [2.24, 2.45) is 0 Å². The van der Waals surface area contributed by atoms with E-state index >= 15 is 0 Å². The van der Waals surface area contributed by atoms with Crippen LogP contribution in [0, 0.1) is 0 Å². The molecular formula is C19H19NO. The van der Waals surface area contributed by atoms with Crippen LogP contribution in [0.4, 0.5) is 0 Å². The number of fused-ring (bicyclic) bond motifs is 3. The summed E-state index contributed by atoms with van der Waals surface area (Å²) in [4.78, 5) is 11.3. The van der Waals surface area contributed by atoms with E-state index in [-0.39, 0.29) is 5.91 Å². The number of carbonyl (C=O) groups is 1. The first kappa shape index (κ1) is 12.6.